The summed E-state index contributed by atoms with van der Waals surface area (Å²) < 4.78 is 0. The van der Waals surface area contributed by atoms with Crippen molar-refractivity contribution in [3.05, 3.63) is 81.4 Å². The Morgan fingerprint density at radius 2 is 1.84 bits per heavy atom. The summed E-state index contributed by atoms with van der Waals surface area (Å²) in [6.45, 7) is 1.85. The van der Waals surface area contributed by atoms with Crippen molar-refractivity contribution in [1.82, 2.24) is 9.97 Å². The van der Waals surface area contributed by atoms with Crippen molar-refractivity contribution >= 4 is 40.5 Å². The predicted molar refractivity (Wildman–Crippen MR) is 126 cm³/mol. The van der Waals surface area contributed by atoms with Gasteiger partial charge in [0.2, 0.25) is 5.95 Å². The Kier molecular flexibility index (Phi) is 5.80. The number of benzene rings is 2. The van der Waals surface area contributed by atoms with E-state index >= 15 is 0 Å². The highest BCUT2D eigenvalue weighted by atomic mass is 35.5. The minimum Gasteiger partial charge on any atom is -0.382 e. The van der Waals surface area contributed by atoms with Crippen LogP contribution in [0, 0.1) is 11.3 Å². The SMILES string of the molecule is CC(Nc1nc(N)nc(N)c1C#N)C1=C(c2ccccc2)CCc2c(Cl)cccc2C1=O. The third-order valence-electron chi connectivity index (χ3n) is 5.53. The Bertz CT molecular complexity index is 1280. The molecule has 1 aliphatic rings. The standard InChI is InChI=1S/C24H21ClN6O/c1-13(29-23-18(12-26)22(27)30-24(28)31-23)20-15(14-6-3-2-4-7-14)10-11-16-17(21(20)32)8-5-9-19(16)25/h2-9,13H,10-11H2,1H3,(H5,27,28,29,30,31). The predicted octanol–water partition coefficient (Wildman–Crippen LogP) is 4.25. The van der Waals surface area contributed by atoms with Crippen molar-refractivity contribution in [2.24, 2.45) is 0 Å². The number of aromatic nitrogens is 2. The molecule has 0 saturated carbocycles. The molecule has 0 radical (unpaired) electrons. The van der Waals surface area contributed by atoms with E-state index in [1.807, 2.05) is 43.3 Å². The molecule has 4 rings (SSSR count). The number of carbonyl (C=O) groups is 1. The zero-order chi connectivity index (χ0) is 22.8. The van der Waals surface area contributed by atoms with Gasteiger partial charge in [-0.1, -0.05) is 54.1 Å². The third kappa shape index (κ3) is 3.88. The van der Waals surface area contributed by atoms with Crippen LogP contribution in [0.5, 0.6) is 0 Å². The number of hydrogen-bond donors (Lipinski definition) is 3. The number of ketones is 1. The number of carbonyl (C=O) groups excluding carboxylic acids is 1. The molecule has 1 aliphatic carbocycles. The molecular weight excluding hydrogens is 424 g/mol. The second-order valence-electron chi connectivity index (χ2n) is 7.52. The lowest BCUT2D eigenvalue weighted by Crippen LogP contribution is -2.26. The van der Waals surface area contributed by atoms with Crippen molar-refractivity contribution < 1.29 is 4.79 Å². The number of Topliss-reactive ketones (excluding diaryl/α,β-unsaturated/α-hetero) is 1. The molecule has 0 spiro atoms. The summed E-state index contributed by atoms with van der Waals surface area (Å²) in [4.78, 5) is 21.8. The van der Waals surface area contributed by atoms with Crippen LogP contribution in [-0.2, 0) is 6.42 Å². The first kappa shape index (κ1) is 21.3. The fraction of sp³-hybridized carbons (Fsp3) is 0.167. The largest absolute Gasteiger partial charge is 0.382 e. The summed E-state index contributed by atoms with van der Waals surface area (Å²) in [5.41, 5.74) is 15.5. The summed E-state index contributed by atoms with van der Waals surface area (Å²) in [6, 6.07) is 16.7. The fourth-order valence-corrected chi connectivity index (χ4v) is 4.35. The van der Waals surface area contributed by atoms with E-state index in [-0.39, 0.29) is 28.9 Å². The lowest BCUT2D eigenvalue weighted by atomic mass is 9.90. The summed E-state index contributed by atoms with van der Waals surface area (Å²) in [5, 5.41) is 13.3. The van der Waals surface area contributed by atoms with Crippen LogP contribution in [0.15, 0.2) is 54.1 Å². The number of allylic oxidation sites excluding steroid dienone is 1. The molecule has 32 heavy (non-hydrogen) atoms. The van der Waals surface area contributed by atoms with Gasteiger partial charge in [-0.15, -0.1) is 0 Å². The third-order valence-corrected chi connectivity index (χ3v) is 5.89. The first-order chi connectivity index (χ1) is 15.4. The Balaban J connectivity index is 1.86. The molecule has 3 aromatic rings. The molecule has 1 heterocycles. The van der Waals surface area contributed by atoms with Gasteiger partial charge in [0, 0.05) is 16.2 Å². The molecule has 5 N–H and O–H groups in total. The second-order valence-corrected chi connectivity index (χ2v) is 7.93. The average molecular weight is 445 g/mol. The quantitative estimate of drug-likeness (QED) is 0.548. The molecule has 160 valence electrons. The zero-order valence-corrected chi connectivity index (χ0v) is 18.1. The molecular formula is C24H21ClN6O. The number of hydrogen-bond acceptors (Lipinski definition) is 7. The number of nitrogens with one attached hydrogen (secondary N) is 1. The highest BCUT2D eigenvalue weighted by molar-refractivity contribution is 6.32. The Morgan fingerprint density at radius 3 is 2.56 bits per heavy atom. The molecule has 0 amide bonds. The second kappa shape index (κ2) is 8.69. The van der Waals surface area contributed by atoms with Gasteiger partial charge in [-0.05, 0) is 42.5 Å². The van der Waals surface area contributed by atoms with E-state index < -0.39 is 6.04 Å². The van der Waals surface area contributed by atoms with Crippen molar-refractivity contribution in [2.45, 2.75) is 25.8 Å². The van der Waals surface area contributed by atoms with Crippen LogP contribution in [0.25, 0.3) is 5.57 Å². The number of rotatable bonds is 4. The molecule has 8 heteroatoms. The molecule has 0 saturated heterocycles. The topological polar surface area (TPSA) is 131 Å². The first-order valence-corrected chi connectivity index (χ1v) is 10.5. The summed E-state index contributed by atoms with van der Waals surface area (Å²) >= 11 is 6.44. The van der Waals surface area contributed by atoms with Crippen molar-refractivity contribution in [1.29, 1.82) is 5.26 Å². The lowest BCUT2D eigenvalue weighted by Gasteiger charge is -2.22. The van der Waals surface area contributed by atoms with Gasteiger partial charge >= 0.3 is 0 Å². The maximum Gasteiger partial charge on any atom is 0.224 e. The van der Waals surface area contributed by atoms with Gasteiger partial charge in [-0.25, -0.2) is 0 Å². The molecule has 1 aromatic heterocycles. The van der Waals surface area contributed by atoms with E-state index in [1.165, 1.54) is 0 Å². The molecule has 1 atom stereocenters. The number of anilines is 3. The fourth-order valence-electron chi connectivity index (χ4n) is 4.08. The van der Waals surface area contributed by atoms with E-state index in [1.54, 1.807) is 18.2 Å². The number of nitrogen functional groups attached to an aromatic ring is 2. The zero-order valence-electron chi connectivity index (χ0n) is 17.4. The molecule has 2 aromatic carbocycles. The number of halogens is 1. The average Bonchev–Trinajstić information content (AvgIpc) is 2.92. The Labute approximate surface area is 190 Å². The van der Waals surface area contributed by atoms with Crippen molar-refractivity contribution in [3.63, 3.8) is 0 Å². The van der Waals surface area contributed by atoms with Gasteiger partial charge in [0.25, 0.3) is 0 Å². The molecule has 0 aliphatic heterocycles. The van der Waals surface area contributed by atoms with Gasteiger partial charge in [0.15, 0.2) is 11.6 Å². The minimum absolute atomic E-state index is 0.0173. The van der Waals surface area contributed by atoms with Crippen LogP contribution in [0.3, 0.4) is 0 Å². The van der Waals surface area contributed by atoms with Crippen LogP contribution in [0.2, 0.25) is 5.02 Å². The number of nitrogens with two attached hydrogens (primary N) is 2. The van der Waals surface area contributed by atoms with Gasteiger partial charge in [0.05, 0.1) is 6.04 Å². The van der Waals surface area contributed by atoms with Gasteiger partial charge in [-0.3, -0.25) is 4.79 Å². The van der Waals surface area contributed by atoms with E-state index in [9.17, 15) is 10.1 Å². The van der Waals surface area contributed by atoms with Crippen LogP contribution in [0.1, 0.15) is 40.4 Å². The molecule has 0 fully saturated rings. The van der Waals surface area contributed by atoms with Crippen LogP contribution in [-0.4, -0.2) is 21.8 Å². The van der Waals surface area contributed by atoms with Crippen molar-refractivity contribution in [2.75, 3.05) is 16.8 Å². The van der Waals surface area contributed by atoms with E-state index in [0.717, 1.165) is 16.7 Å². The minimum atomic E-state index is -0.497. The Morgan fingerprint density at radius 1 is 1.09 bits per heavy atom. The van der Waals surface area contributed by atoms with Crippen molar-refractivity contribution in [3.8, 4) is 6.07 Å². The first-order valence-electron chi connectivity index (χ1n) is 10.1. The molecule has 7 nitrogen and oxygen atoms in total. The maximum atomic E-state index is 13.8. The van der Waals surface area contributed by atoms with E-state index in [2.05, 4.69) is 15.3 Å². The summed E-state index contributed by atoms with van der Waals surface area (Å²) in [5.74, 6) is -0.00491. The highest BCUT2D eigenvalue weighted by Crippen LogP contribution is 2.36. The number of nitriles is 1. The van der Waals surface area contributed by atoms with E-state index in [4.69, 9.17) is 23.1 Å². The summed E-state index contributed by atoms with van der Waals surface area (Å²) in [6.07, 6.45) is 1.27. The smallest absolute Gasteiger partial charge is 0.224 e. The lowest BCUT2D eigenvalue weighted by molar-refractivity contribution is 0.103. The monoisotopic (exact) mass is 444 g/mol. The van der Waals surface area contributed by atoms with Gasteiger partial charge in [-0.2, -0.15) is 15.2 Å². The Hall–Kier alpha value is -3.89. The normalized spacial score (nSPS) is 14.3. The number of fused-ring (bicyclic) bond motifs is 1. The van der Waals surface area contributed by atoms with Gasteiger partial charge in [0.1, 0.15) is 17.5 Å². The number of nitrogens with zero attached hydrogens (tertiary/aromatic N) is 3. The molecule has 0 bridgehead atoms. The maximum absolute atomic E-state index is 13.8. The summed E-state index contributed by atoms with van der Waals surface area (Å²) in [7, 11) is 0. The van der Waals surface area contributed by atoms with Crippen LogP contribution >= 0.6 is 11.6 Å². The van der Waals surface area contributed by atoms with Crippen LogP contribution < -0.4 is 16.8 Å². The highest BCUT2D eigenvalue weighted by Gasteiger charge is 2.30. The van der Waals surface area contributed by atoms with Gasteiger partial charge < -0.3 is 16.8 Å². The molecule has 1 unspecified atom stereocenters. The van der Waals surface area contributed by atoms with E-state index in [0.29, 0.717) is 29.0 Å². The van der Waals surface area contributed by atoms with Crippen LogP contribution in [0.4, 0.5) is 17.6 Å².